The standard InChI is InChI=1S/C57H106O5/c1-4-7-10-13-16-19-22-25-27-28-29-30-32-33-35-38-41-44-47-50-56(58)61-54-55(53-60-52-49-46-43-40-37-24-21-18-15-12-9-6-3)62-57(59)51-48-45-42-39-36-34-31-26-23-20-17-14-11-8-5-2/h15,18,25-27,31,55H,4-14,16-17,19-24,28-30,32-54H2,1-3H3/b18-15-,27-25-,31-26-. The van der Waals surface area contributed by atoms with Gasteiger partial charge >= 0.3 is 11.9 Å². The molecule has 0 aliphatic heterocycles. The molecule has 0 N–H and O–H groups in total. The van der Waals surface area contributed by atoms with Gasteiger partial charge in [-0.2, -0.15) is 0 Å². The van der Waals surface area contributed by atoms with E-state index < -0.39 is 6.10 Å². The predicted octanol–water partition coefficient (Wildman–Crippen LogP) is 18.6. The van der Waals surface area contributed by atoms with Gasteiger partial charge in [0.1, 0.15) is 6.61 Å². The van der Waals surface area contributed by atoms with Crippen molar-refractivity contribution in [3.8, 4) is 0 Å². The van der Waals surface area contributed by atoms with E-state index in [2.05, 4.69) is 57.2 Å². The largest absolute Gasteiger partial charge is 0.462 e. The molecule has 0 radical (unpaired) electrons. The quantitative estimate of drug-likeness (QED) is 0.0346. The molecule has 0 amide bonds. The van der Waals surface area contributed by atoms with Crippen LogP contribution in [0.15, 0.2) is 36.5 Å². The summed E-state index contributed by atoms with van der Waals surface area (Å²) < 4.78 is 17.4. The number of unbranched alkanes of at least 4 members (excludes halogenated alkanes) is 34. The molecular weight excluding hydrogens is 765 g/mol. The van der Waals surface area contributed by atoms with Crippen LogP contribution >= 0.6 is 0 Å². The fourth-order valence-corrected chi connectivity index (χ4v) is 7.95. The van der Waals surface area contributed by atoms with Gasteiger partial charge in [-0.3, -0.25) is 9.59 Å². The third-order valence-electron chi connectivity index (χ3n) is 12.1. The number of hydrogen-bond donors (Lipinski definition) is 0. The minimum atomic E-state index is -0.541. The smallest absolute Gasteiger partial charge is 0.306 e. The van der Waals surface area contributed by atoms with Crippen molar-refractivity contribution in [3.63, 3.8) is 0 Å². The Bertz CT molecular complexity index is 986. The van der Waals surface area contributed by atoms with Crippen molar-refractivity contribution in [2.75, 3.05) is 19.8 Å². The van der Waals surface area contributed by atoms with Crippen LogP contribution in [0.1, 0.15) is 290 Å². The summed E-state index contributed by atoms with van der Waals surface area (Å²) in [7, 11) is 0. The Morgan fingerprint density at radius 2 is 0.645 bits per heavy atom. The summed E-state index contributed by atoms with van der Waals surface area (Å²) in [6.07, 6.45) is 64.4. The predicted molar refractivity (Wildman–Crippen MR) is 270 cm³/mol. The van der Waals surface area contributed by atoms with Crippen LogP contribution in [0, 0.1) is 0 Å². The van der Waals surface area contributed by atoms with Gasteiger partial charge in [-0.1, -0.05) is 224 Å². The van der Waals surface area contributed by atoms with Gasteiger partial charge < -0.3 is 14.2 Å². The Labute approximate surface area is 387 Å². The number of carbonyl (C=O) groups excluding carboxylic acids is 2. The lowest BCUT2D eigenvalue weighted by molar-refractivity contribution is -0.163. The molecule has 0 aromatic carbocycles. The van der Waals surface area contributed by atoms with E-state index in [9.17, 15) is 9.59 Å². The van der Waals surface area contributed by atoms with Gasteiger partial charge in [0.15, 0.2) is 6.10 Å². The molecule has 5 nitrogen and oxygen atoms in total. The van der Waals surface area contributed by atoms with Crippen molar-refractivity contribution < 1.29 is 23.8 Å². The number of rotatable bonds is 51. The van der Waals surface area contributed by atoms with Gasteiger partial charge in [0.2, 0.25) is 0 Å². The van der Waals surface area contributed by atoms with E-state index in [0.717, 1.165) is 51.4 Å². The summed E-state index contributed by atoms with van der Waals surface area (Å²) in [6.45, 7) is 7.81. The van der Waals surface area contributed by atoms with E-state index >= 15 is 0 Å². The molecule has 5 heteroatoms. The van der Waals surface area contributed by atoms with Crippen LogP contribution in [-0.4, -0.2) is 37.9 Å². The summed E-state index contributed by atoms with van der Waals surface area (Å²) in [5.41, 5.74) is 0. The highest BCUT2D eigenvalue weighted by Crippen LogP contribution is 2.15. The molecule has 364 valence electrons. The zero-order chi connectivity index (χ0) is 44.9. The van der Waals surface area contributed by atoms with E-state index in [-0.39, 0.29) is 25.2 Å². The maximum Gasteiger partial charge on any atom is 0.306 e. The van der Waals surface area contributed by atoms with Gasteiger partial charge in [0.05, 0.1) is 6.61 Å². The maximum atomic E-state index is 12.8. The first-order chi connectivity index (χ1) is 30.6. The first kappa shape index (κ1) is 60.1. The topological polar surface area (TPSA) is 61.8 Å². The van der Waals surface area contributed by atoms with Crippen molar-refractivity contribution >= 4 is 11.9 Å². The van der Waals surface area contributed by atoms with E-state index in [0.29, 0.717) is 19.4 Å². The molecule has 0 saturated heterocycles. The van der Waals surface area contributed by atoms with E-state index in [1.807, 2.05) is 0 Å². The van der Waals surface area contributed by atoms with E-state index in [4.69, 9.17) is 14.2 Å². The Kier molecular flexibility index (Phi) is 51.8. The Hall–Kier alpha value is -1.88. The SMILES string of the molecule is CCCC/C=C\CCCCCCCCOCC(COC(=O)CCCCCCCCCCC/C=C\CCCCCCCC)OC(=O)CCCCCCC/C=C\CCCCCCCC. The third kappa shape index (κ3) is 50.8. The first-order valence-corrected chi connectivity index (χ1v) is 27.5. The Morgan fingerprint density at radius 3 is 1.03 bits per heavy atom. The van der Waals surface area contributed by atoms with E-state index in [1.165, 1.54) is 205 Å². The lowest BCUT2D eigenvalue weighted by Crippen LogP contribution is -2.30. The fourth-order valence-electron chi connectivity index (χ4n) is 7.95. The highest BCUT2D eigenvalue weighted by Gasteiger charge is 2.17. The number of ether oxygens (including phenoxy) is 3. The molecule has 0 aromatic heterocycles. The van der Waals surface area contributed by atoms with Crippen LogP contribution in [0.5, 0.6) is 0 Å². The molecule has 0 bridgehead atoms. The van der Waals surface area contributed by atoms with Crippen LogP contribution in [-0.2, 0) is 23.8 Å². The third-order valence-corrected chi connectivity index (χ3v) is 12.1. The lowest BCUT2D eigenvalue weighted by atomic mass is 10.1. The van der Waals surface area contributed by atoms with Gasteiger partial charge in [-0.15, -0.1) is 0 Å². The highest BCUT2D eigenvalue weighted by molar-refractivity contribution is 5.70. The summed E-state index contributed by atoms with van der Waals surface area (Å²) in [5, 5.41) is 0. The summed E-state index contributed by atoms with van der Waals surface area (Å²) in [6, 6.07) is 0. The molecule has 1 atom stereocenters. The minimum Gasteiger partial charge on any atom is -0.462 e. The Morgan fingerprint density at radius 1 is 0.339 bits per heavy atom. The molecular formula is C57H106O5. The normalized spacial score (nSPS) is 12.4. The van der Waals surface area contributed by atoms with E-state index in [1.54, 1.807) is 0 Å². The first-order valence-electron chi connectivity index (χ1n) is 27.5. The van der Waals surface area contributed by atoms with Crippen molar-refractivity contribution in [2.24, 2.45) is 0 Å². The zero-order valence-corrected chi connectivity index (χ0v) is 41.9. The van der Waals surface area contributed by atoms with Crippen molar-refractivity contribution in [1.29, 1.82) is 0 Å². The molecule has 0 heterocycles. The summed E-state index contributed by atoms with van der Waals surface area (Å²) in [5.74, 6) is -0.399. The second-order valence-corrected chi connectivity index (χ2v) is 18.5. The Balaban J connectivity index is 4.21. The van der Waals surface area contributed by atoms with Crippen LogP contribution < -0.4 is 0 Å². The summed E-state index contributed by atoms with van der Waals surface area (Å²) in [4.78, 5) is 25.4. The average Bonchev–Trinajstić information content (AvgIpc) is 3.27. The molecule has 0 spiro atoms. The minimum absolute atomic E-state index is 0.0821. The molecule has 0 aliphatic rings. The highest BCUT2D eigenvalue weighted by atomic mass is 16.6. The summed E-state index contributed by atoms with van der Waals surface area (Å²) >= 11 is 0. The van der Waals surface area contributed by atoms with Gasteiger partial charge in [-0.25, -0.2) is 0 Å². The van der Waals surface area contributed by atoms with Gasteiger partial charge in [-0.05, 0) is 89.9 Å². The molecule has 0 fully saturated rings. The lowest BCUT2D eigenvalue weighted by Gasteiger charge is -2.18. The number of esters is 2. The monoisotopic (exact) mass is 871 g/mol. The molecule has 0 aliphatic carbocycles. The van der Waals surface area contributed by atoms with Crippen LogP contribution in [0.25, 0.3) is 0 Å². The fraction of sp³-hybridized carbons (Fsp3) is 0.860. The zero-order valence-electron chi connectivity index (χ0n) is 41.9. The average molecular weight is 871 g/mol. The second-order valence-electron chi connectivity index (χ2n) is 18.5. The van der Waals surface area contributed by atoms with Crippen molar-refractivity contribution in [1.82, 2.24) is 0 Å². The maximum absolute atomic E-state index is 12.8. The van der Waals surface area contributed by atoms with Crippen LogP contribution in [0.2, 0.25) is 0 Å². The van der Waals surface area contributed by atoms with Crippen LogP contribution in [0.4, 0.5) is 0 Å². The number of hydrogen-bond acceptors (Lipinski definition) is 5. The second kappa shape index (κ2) is 53.5. The molecule has 0 saturated carbocycles. The number of allylic oxidation sites excluding steroid dienone is 6. The van der Waals surface area contributed by atoms with Gasteiger partial charge in [0.25, 0.3) is 0 Å². The molecule has 0 aromatic rings. The molecule has 0 rings (SSSR count). The van der Waals surface area contributed by atoms with Crippen molar-refractivity contribution in [2.45, 2.75) is 297 Å². The van der Waals surface area contributed by atoms with Crippen molar-refractivity contribution in [3.05, 3.63) is 36.5 Å². The van der Waals surface area contributed by atoms with Gasteiger partial charge in [0, 0.05) is 19.4 Å². The molecule has 62 heavy (non-hydrogen) atoms. The molecule has 1 unspecified atom stereocenters. The number of carbonyl (C=O) groups is 2. The van der Waals surface area contributed by atoms with Crippen LogP contribution in [0.3, 0.4) is 0 Å².